The molecule has 1 saturated carbocycles. The van der Waals surface area contributed by atoms with Gasteiger partial charge in [0.1, 0.15) is 24.3 Å². The predicted molar refractivity (Wildman–Crippen MR) is 187 cm³/mol. The molecule has 0 radical (unpaired) electrons. The van der Waals surface area contributed by atoms with E-state index in [2.05, 4.69) is 138 Å². The second-order valence-electron chi connectivity index (χ2n) is 12.8. The molecule has 46 heavy (non-hydrogen) atoms. The minimum Gasteiger partial charge on any atom is -0.333 e. The number of rotatable bonds is 5. The van der Waals surface area contributed by atoms with E-state index in [-0.39, 0.29) is 23.2 Å². The minimum atomic E-state index is -0.261. The van der Waals surface area contributed by atoms with Crippen LogP contribution in [0.3, 0.4) is 0 Å². The highest BCUT2D eigenvalue weighted by molar-refractivity contribution is 6.15. The van der Waals surface area contributed by atoms with E-state index < -0.39 is 0 Å². The van der Waals surface area contributed by atoms with Crippen molar-refractivity contribution >= 4 is 40.0 Å². The Labute approximate surface area is 269 Å². The van der Waals surface area contributed by atoms with Crippen molar-refractivity contribution in [1.29, 1.82) is 0 Å². The predicted octanol–water partition coefficient (Wildman–Crippen LogP) is 7.80. The molecule has 4 atom stereocenters. The van der Waals surface area contributed by atoms with Gasteiger partial charge in [-0.25, -0.2) is 15.0 Å². The fourth-order valence-corrected chi connectivity index (χ4v) is 9.23. The van der Waals surface area contributed by atoms with Crippen molar-refractivity contribution in [1.82, 2.24) is 9.97 Å². The maximum Gasteiger partial charge on any atom is 0.162 e. The summed E-state index contributed by atoms with van der Waals surface area (Å²) in [6, 6.07) is 28.4. The SMILES string of the molecule is C=C/C=C(\C=C)C1=NN2c3ccccc3C3(C)/C(=C4\c5ccccc5N5c6cncnc6N(C)C45)C3(CC)C2N1c1ccccc1. The summed E-state index contributed by atoms with van der Waals surface area (Å²) in [6.07, 6.45) is 10.1. The average molecular weight is 602 g/mol. The van der Waals surface area contributed by atoms with Gasteiger partial charge >= 0.3 is 0 Å². The molecular weight excluding hydrogens is 566 g/mol. The second kappa shape index (κ2) is 9.30. The Bertz CT molecular complexity index is 2060. The molecule has 0 amide bonds. The molecule has 0 saturated heterocycles. The van der Waals surface area contributed by atoms with Crippen molar-refractivity contribution in [2.45, 2.75) is 38.0 Å². The zero-order valence-corrected chi connectivity index (χ0v) is 26.3. The van der Waals surface area contributed by atoms with E-state index in [9.17, 15) is 0 Å². The Hall–Kier alpha value is -5.43. The standard InChI is InChI=1S/C39H35N7/c1-6-16-25(7-2)34-42-46-30-22-15-13-20-28(30)38(4)33(39(38,8-3)37(46)44(34)26-17-10-9-11-18-26)32-27-19-12-14-21-29(27)45-31-23-40-24-41-35(31)43(5)36(32)45/h6-7,9-24,36-37H,1-2,8H2,3-5H3/b25-16+,33-32-. The largest absolute Gasteiger partial charge is 0.333 e. The van der Waals surface area contributed by atoms with Crippen LogP contribution in [0.1, 0.15) is 31.4 Å². The van der Waals surface area contributed by atoms with Gasteiger partial charge in [0.15, 0.2) is 11.7 Å². The number of hydrazone groups is 1. The first kappa shape index (κ1) is 26.9. The van der Waals surface area contributed by atoms with Crippen LogP contribution in [0.15, 0.2) is 139 Å². The molecule has 1 aliphatic carbocycles. The summed E-state index contributed by atoms with van der Waals surface area (Å²) < 4.78 is 0. The van der Waals surface area contributed by atoms with Crippen molar-refractivity contribution in [2.24, 2.45) is 10.5 Å². The van der Waals surface area contributed by atoms with E-state index in [0.29, 0.717) is 0 Å². The number of anilines is 5. The van der Waals surface area contributed by atoms with Crippen molar-refractivity contribution in [2.75, 3.05) is 26.8 Å². The van der Waals surface area contributed by atoms with Crippen LogP contribution in [-0.2, 0) is 5.41 Å². The highest BCUT2D eigenvalue weighted by Crippen LogP contribution is 2.80. The van der Waals surface area contributed by atoms with Gasteiger partial charge in [-0.15, -0.1) is 0 Å². The van der Waals surface area contributed by atoms with Crippen LogP contribution in [0.2, 0.25) is 0 Å². The van der Waals surface area contributed by atoms with Crippen LogP contribution in [0.4, 0.5) is 28.6 Å². The van der Waals surface area contributed by atoms with Crippen LogP contribution < -0.4 is 19.7 Å². The number of hydrogen-bond acceptors (Lipinski definition) is 7. The third kappa shape index (κ3) is 3.01. The number of allylic oxidation sites excluding steroid dienone is 2. The zero-order chi connectivity index (χ0) is 31.4. The summed E-state index contributed by atoms with van der Waals surface area (Å²) in [5, 5.41) is 7.73. The number of para-hydroxylation sites is 3. The number of hydrogen-bond donors (Lipinski definition) is 0. The zero-order valence-electron chi connectivity index (χ0n) is 26.3. The highest BCUT2D eigenvalue weighted by atomic mass is 15.6. The monoisotopic (exact) mass is 601 g/mol. The lowest BCUT2D eigenvalue weighted by Gasteiger charge is -2.43. The molecule has 0 bridgehead atoms. The third-order valence-electron chi connectivity index (χ3n) is 11.0. The van der Waals surface area contributed by atoms with Gasteiger partial charge in [0.25, 0.3) is 0 Å². The third-order valence-corrected chi connectivity index (χ3v) is 11.0. The topological polar surface area (TPSA) is 51.1 Å². The molecule has 7 nitrogen and oxygen atoms in total. The molecular formula is C39H35N7. The summed E-state index contributed by atoms with van der Waals surface area (Å²) in [7, 11) is 2.17. The van der Waals surface area contributed by atoms with E-state index >= 15 is 0 Å². The van der Waals surface area contributed by atoms with E-state index in [1.165, 1.54) is 28.0 Å². The van der Waals surface area contributed by atoms with Crippen LogP contribution in [0.5, 0.6) is 0 Å². The fourth-order valence-electron chi connectivity index (χ4n) is 9.23. The first-order valence-electron chi connectivity index (χ1n) is 16.0. The van der Waals surface area contributed by atoms with Gasteiger partial charge in [0.2, 0.25) is 0 Å². The average Bonchev–Trinajstić information content (AvgIpc) is 3.41. The summed E-state index contributed by atoms with van der Waals surface area (Å²) in [6.45, 7) is 13.0. The Kier molecular flexibility index (Phi) is 5.44. The van der Waals surface area contributed by atoms with Crippen LogP contribution in [0.25, 0.3) is 5.57 Å². The first-order chi connectivity index (χ1) is 22.5. The molecule has 0 spiro atoms. The Balaban J connectivity index is 1.36. The molecule has 0 N–H and O–H groups in total. The van der Waals surface area contributed by atoms with Gasteiger partial charge in [-0.2, -0.15) is 5.10 Å². The quantitative estimate of drug-likeness (QED) is 0.218. The molecule has 9 rings (SSSR count). The summed E-state index contributed by atoms with van der Waals surface area (Å²) >= 11 is 0. The van der Waals surface area contributed by atoms with Gasteiger partial charge in [0.05, 0.1) is 17.6 Å². The van der Waals surface area contributed by atoms with Crippen LogP contribution in [0, 0.1) is 5.41 Å². The normalized spacial score (nSPS) is 28.2. The lowest BCUT2D eigenvalue weighted by atomic mass is 9.79. The molecule has 7 heteroatoms. The van der Waals surface area contributed by atoms with Crippen LogP contribution >= 0.6 is 0 Å². The van der Waals surface area contributed by atoms with Crippen molar-refractivity contribution in [3.63, 3.8) is 0 Å². The Morgan fingerprint density at radius 1 is 0.913 bits per heavy atom. The minimum absolute atomic E-state index is 0.0260. The Morgan fingerprint density at radius 2 is 1.65 bits per heavy atom. The van der Waals surface area contributed by atoms with Crippen molar-refractivity contribution < 1.29 is 0 Å². The number of likely N-dealkylation sites (N-methyl/N-ethyl adjacent to an activating group) is 1. The molecule has 1 fully saturated rings. The number of nitrogens with zero attached hydrogens (tertiary/aromatic N) is 7. The van der Waals surface area contributed by atoms with Gasteiger partial charge < -0.3 is 14.7 Å². The number of amidine groups is 1. The maximum absolute atomic E-state index is 5.45. The Morgan fingerprint density at radius 3 is 2.41 bits per heavy atom. The summed E-state index contributed by atoms with van der Waals surface area (Å²) in [5.41, 5.74) is 10.4. The number of fused-ring (bicyclic) bond motifs is 11. The molecule has 5 aliphatic rings. The molecule has 4 unspecified atom stereocenters. The molecule has 4 aliphatic heterocycles. The number of benzene rings is 3. The lowest BCUT2D eigenvalue weighted by molar-refractivity contribution is 0.325. The van der Waals surface area contributed by atoms with Gasteiger partial charge in [-0.1, -0.05) is 99.8 Å². The van der Waals surface area contributed by atoms with Crippen LogP contribution in [-0.4, -0.2) is 35.2 Å². The molecule has 226 valence electrons. The fraction of sp³-hybridized carbons (Fsp3) is 0.205. The molecule has 4 aromatic rings. The van der Waals surface area contributed by atoms with E-state index in [1.807, 2.05) is 24.4 Å². The van der Waals surface area contributed by atoms with Gasteiger partial charge in [-0.3, -0.25) is 0 Å². The highest BCUT2D eigenvalue weighted by Gasteiger charge is 2.80. The number of aromatic nitrogens is 2. The smallest absolute Gasteiger partial charge is 0.162 e. The lowest BCUT2D eigenvalue weighted by Crippen LogP contribution is -2.53. The second-order valence-corrected chi connectivity index (χ2v) is 12.8. The van der Waals surface area contributed by atoms with E-state index in [0.717, 1.165) is 40.7 Å². The molecule has 3 aromatic carbocycles. The van der Waals surface area contributed by atoms with E-state index in [4.69, 9.17) is 10.1 Å². The first-order valence-corrected chi connectivity index (χ1v) is 16.0. The summed E-state index contributed by atoms with van der Waals surface area (Å²) in [4.78, 5) is 16.4. The van der Waals surface area contributed by atoms with Gasteiger partial charge in [0, 0.05) is 40.3 Å². The van der Waals surface area contributed by atoms with Crippen molar-refractivity contribution in [3.8, 4) is 0 Å². The molecule has 5 heterocycles. The van der Waals surface area contributed by atoms with Gasteiger partial charge in [-0.05, 0) is 41.8 Å². The summed E-state index contributed by atoms with van der Waals surface area (Å²) in [5.74, 6) is 1.83. The molecule has 1 aromatic heterocycles. The maximum atomic E-state index is 5.45. The van der Waals surface area contributed by atoms with E-state index in [1.54, 1.807) is 6.33 Å². The van der Waals surface area contributed by atoms with Crippen molar-refractivity contribution in [3.05, 3.63) is 145 Å².